The number of benzene rings is 1. The first-order valence-electron chi connectivity index (χ1n) is 7.77. The Bertz CT molecular complexity index is 613. The van der Waals surface area contributed by atoms with E-state index in [1.54, 1.807) is 24.3 Å². The highest BCUT2D eigenvalue weighted by atomic mass is 16.5. The molecule has 1 aromatic rings. The van der Waals surface area contributed by atoms with Gasteiger partial charge in [-0.3, -0.25) is 14.8 Å². The smallest absolute Gasteiger partial charge is 0.271 e. The predicted octanol–water partition coefficient (Wildman–Crippen LogP) is 2.65. The Kier molecular flexibility index (Phi) is 6.50. The standard InChI is InChI=1S/C17H21N3O3/c21-16(20-23)11-10-13-6-5-7-14(12-13)17(22)19-18-15-8-3-1-2-4-9-15/h5-7,10-12,23H,1-4,8-9H2,(H,19,22)(H,20,21)/b11-10+. The van der Waals surface area contributed by atoms with Crippen LogP contribution in [-0.4, -0.2) is 22.7 Å². The van der Waals surface area contributed by atoms with Crippen LogP contribution in [0.5, 0.6) is 0 Å². The summed E-state index contributed by atoms with van der Waals surface area (Å²) in [5, 5.41) is 12.7. The topological polar surface area (TPSA) is 90.8 Å². The van der Waals surface area contributed by atoms with Crippen LogP contribution in [-0.2, 0) is 4.79 Å². The molecule has 0 heterocycles. The molecule has 0 unspecified atom stereocenters. The molecule has 0 atom stereocenters. The molecule has 6 nitrogen and oxygen atoms in total. The Labute approximate surface area is 135 Å². The largest absolute Gasteiger partial charge is 0.288 e. The Morgan fingerprint density at radius 3 is 2.57 bits per heavy atom. The lowest BCUT2D eigenvalue weighted by molar-refractivity contribution is -0.124. The van der Waals surface area contributed by atoms with E-state index in [0.29, 0.717) is 11.1 Å². The summed E-state index contributed by atoms with van der Waals surface area (Å²) in [4.78, 5) is 23.1. The first kappa shape index (κ1) is 16.9. The number of carbonyl (C=O) groups excluding carboxylic acids is 2. The number of carbonyl (C=O) groups is 2. The fourth-order valence-corrected chi connectivity index (χ4v) is 2.44. The minimum atomic E-state index is -0.625. The van der Waals surface area contributed by atoms with Gasteiger partial charge in [0, 0.05) is 17.4 Å². The van der Waals surface area contributed by atoms with E-state index in [1.807, 2.05) is 0 Å². The molecule has 0 spiro atoms. The third-order valence-electron chi connectivity index (χ3n) is 3.68. The van der Waals surface area contributed by atoms with Gasteiger partial charge < -0.3 is 0 Å². The second-order valence-electron chi connectivity index (χ2n) is 5.47. The molecule has 1 aliphatic rings. The zero-order valence-corrected chi connectivity index (χ0v) is 12.9. The van der Waals surface area contributed by atoms with E-state index in [0.717, 1.165) is 31.4 Å². The summed E-state index contributed by atoms with van der Waals surface area (Å²) >= 11 is 0. The van der Waals surface area contributed by atoms with Crippen LogP contribution in [0.2, 0.25) is 0 Å². The van der Waals surface area contributed by atoms with E-state index < -0.39 is 5.91 Å². The van der Waals surface area contributed by atoms with Gasteiger partial charge in [0.15, 0.2) is 0 Å². The zero-order valence-electron chi connectivity index (χ0n) is 12.9. The average molecular weight is 315 g/mol. The molecule has 1 aliphatic carbocycles. The molecule has 0 saturated heterocycles. The fourth-order valence-electron chi connectivity index (χ4n) is 2.44. The zero-order chi connectivity index (χ0) is 16.5. The number of hydroxylamine groups is 1. The van der Waals surface area contributed by atoms with E-state index in [9.17, 15) is 9.59 Å². The van der Waals surface area contributed by atoms with Gasteiger partial charge in [-0.2, -0.15) is 5.10 Å². The van der Waals surface area contributed by atoms with Crippen LogP contribution in [0.3, 0.4) is 0 Å². The molecule has 2 rings (SSSR count). The van der Waals surface area contributed by atoms with Crippen molar-refractivity contribution >= 4 is 23.6 Å². The minimum Gasteiger partial charge on any atom is -0.288 e. The Morgan fingerprint density at radius 1 is 1.13 bits per heavy atom. The Hall–Kier alpha value is -2.47. The molecule has 2 amide bonds. The van der Waals surface area contributed by atoms with Crippen molar-refractivity contribution in [1.29, 1.82) is 0 Å². The van der Waals surface area contributed by atoms with Gasteiger partial charge in [-0.15, -0.1) is 0 Å². The number of rotatable bonds is 4. The number of amides is 2. The van der Waals surface area contributed by atoms with E-state index >= 15 is 0 Å². The molecule has 122 valence electrons. The molecule has 0 bridgehead atoms. The number of hydrogen-bond acceptors (Lipinski definition) is 4. The highest BCUT2D eigenvalue weighted by Crippen LogP contribution is 2.14. The molecular weight excluding hydrogens is 294 g/mol. The van der Waals surface area contributed by atoms with Crippen LogP contribution in [0.1, 0.15) is 54.4 Å². The van der Waals surface area contributed by atoms with Crippen LogP contribution in [0.4, 0.5) is 0 Å². The number of hydrogen-bond donors (Lipinski definition) is 3. The fraction of sp³-hybridized carbons (Fsp3) is 0.353. The van der Waals surface area contributed by atoms with Crippen molar-refractivity contribution in [2.75, 3.05) is 0 Å². The predicted molar refractivity (Wildman–Crippen MR) is 88.0 cm³/mol. The summed E-state index contributed by atoms with van der Waals surface area (Å²) in [5.74, 6) is -0.900. The third-order valence-corrected chi connectivity index (χ3v) is 3.68. The molecule has 1 fully saturated rings. The minimum absolute atomic E-state index is 0.274. The summed E-state index contributed by atoms with van der Waals surface area (Å²) in [7, 11) is 0. The summed E-state index contributed by atoms with van der Waals surface area (Å²) in [6, 6.07) is 6.83. The van der Waals surface area contributed by atoms with Crippen LogP contribution in [0.25, 0.3) is 6.08 Å². The van der Waals surface area contributed by atoms with E-state index in [2.05, 4.69) is 10.5 Å². The van der Waals surface area contributed by atoms with Crippen molar-refractivity contribution in [2.45, 2.75) is 38.5 Å². The average Bonchev–Trinajstić information content (AvgIpc) is 2.86. The van der Waals surface area contributed by atoms with Crippen molar-refractivity contribution in [2.24, 2.45) is 5.10 Å². The van der Waals surface area contributed by atoms with Gasteiger partial charge >= 0.3 is 0 Å². The maximum absolute atomic E-state index is 12.2. The highest BCUT2D eigenvalue weighted by Gasteiger charge is 2.08. The third kappa shape index (κ3) is 5.67. The van der Waals surface area contributed by atoms with Gasteiger partial charge in [0.25, 0.3) is 11.8 Å². The van der Waals surface area contributed by atoms with Crippen LogP contribution < -0.4 is 10.9 Å². The van der Waals surface area contributed by atoms with Crippen molar-refractivity contribution in [3.63, 3.8) is 0 Å². The van der Waals surface area contributed by atoms with Crippen molar-refractivity contribution in [3.05, 3.63) is 41.5 Å². The number of nitrogens with one attached hydrogen (secondary N) is 2. The molecule has 3 N–H and O–H groups in total. The Balaban J connectivity index is 2.00. The Morgan fingerprint density at radius 2 is 1.87 bits per heavy atom. The first-order chi connectivity index (χ1) is 11.2. The van der Waals surface area contributed by atoms with Crippen LogP contribution in [0, 0.1) is 0 Å². The van der Waals surface area contributed by atoms with Crippen LogP contribution >= 0.6 is 0 Å². The van der Waals surface area contributed by atoms with E-state index in [-0.39, 0.29) is 5.91 Å². The SMILES string of the molecule is O=C(/C=C/c1cccc(C(=O)NN=C2CCCCCC2)c1)NO. The molecule has 0 aliphatic heterocycles. The maximum atomic E-state index is 12.2. The van der Waals surface area contributed by atoms with Crippen molar-refractivity contribution in [1.82, 2.24) is 10.9 Å². The number of hydrazone groups is 1. The van der Waals surface area contributed by atoms with Gasteiger partial charge in [-0.1, -0.05) is 25.0 Å². The molecule has 1 saturated carbocycles. The second kappa shape index (κ2) is 8.85. The molecular formula is C17H21N3O3. The maximum Gasteiger partial charge on any atom is 0.271 e. The van der Waals surface area contributed by atoms with Gasteiger partial charge in [-0.05, 0) is 49.5 Å². The lowest BCUT2D eigenvalue weighted by Gasteiger charge is -2.04. The molecule has 6 heteroatoms. The summed E-state index contributed by atoms with van der Waals surface area (Å²) in [6.45, 7) is 0. The normalized spacial score (nSPS) is 15.1. The molecule has 1 aromatic carbocycles. The lowest BCUT2D eigenvalue weighted by atomic mass is 10.1. The molecule has 23 heavy (non-hydrogen) atoms. The first-order valence-corrected chi connectivity index (χ1v) is 7.77. The van der Waals surface area contributed by atoms with Crippen molar-refractivity contribution in [3.8, 4) is 0 Å². The number of nitrogens with zero attached hydrogens (tertiary/aromatic N) is 1. The van der Waals surface area contributed by atoms with Crippen molar-refractivity contribution < 1.29 is 14.8 Å². The second-order valence-corrected chi connectivity index (χ2v) is 5.47. The highest BCUT2D eigenvalue weighted by molar-refractivity contribution is 5.96. The van der Waals surface area contributed by atoms with E-state index in [1.165, 1.54) is 30.5 Å². The van der Waals surface area contributed by atoms with E-state index in [4.69, 9.17) is 5.21 Å². The molecule has 0 radical (unpaired) electrons. The monoisotopic (exact) mass is 315 g/mol. The van der Waals surface area contributed by atoms with Gasteiger partial charge in [0.1, 0.15) is 0 Å². The summed E-state index contributed by atoms with van der Waals surface area (Å²) < 4.78 is 0. The summed E-state index contributed by atoms with van der Waals surface area (Å²) in [5.41, 5.74) is 6.32. The lowest BCUT2D eigenvalue weighted by Crippen LogP contribution is -2.19. The van der Waals surface area contributed by atoms with Gasteiger partial charge in [0.2, 0.25) is 0 Å². The summed E-state index contributed by atoms with van der Waals surface area (Å²) in [6.07, 6.45) is 9.29. The van der Waals surface area contributed by atoms with Crippen LogP contribution in [0.15, 0.2) is 35.4 Å². The van der Waals surface area contributed by atoms with Gasteiger partial charge in [0.05, 0.1) is 0 Å². The van der Waals surface area contributed by atoms with Gasteiger partial charge in [-0.25, -0.2) is 10.9 Å². The quantitative estimate of drug-likeness (QED) is 0.345. The molecule has 0 aromatic heterocycles.